The first-order chi connectivity index (χ1) is 10.9. The Balaban J connectivity index is 1.90. The van der Waals surface area contributed by atoms with Gasteiger partial charge in [-0.25, -0.2) is 4.79 Å². The highest BCUT2D eigenvalue weighted by Gasteiger charge is 2.41. The van der Waals surface area contributed by atoms with E-state index in [2.05, 4.69) is 19.2 Å². The van der Waals surface area contributed by atoms with Crippen molar-refractivity contribution in [3.63, 3.8) is 0 Å². The Morgan fingerprint density at radius 1 is 1.26 bits per heavy atom. The van der Waals surface area contributed by atoms with Crippen LogP contribution in [-0.2, 0) is 14.3 Å². The first-order valence-electron chi connectivity index (χ1n) is 7.78. The minimum absolute atomic E-state index is 0.211. The van der Waals surface area contributed by atoms with E-state index in [1.807, 2.05) is 24.3 Å². The van der Waals surface area contributed by atoms with Crippen molar-refractivity contribution in [3.8, 4) is 5.75 Å². The number of carboxylic acids is 1. The van der Waals surface area contributed by atoms with Crippen molar-refractivity contribution in [1.82, 2.24) is 5.32 Å². The van der Waals surface area contributed by atoms with Gasteiger partial charge >= 0.3 is 5.97 Å². The van der Waals surface area contributed by atoms with Crippen LogP contribution in [0.2, 0.25) is 0 Å². The summed E-state index contributed by atoms with van der Waals surface area (Å²) in [4.78, 5) is 23.5. The van der Waals surface area contributed by atoms with Crippen LogP contribution in [0.25, 0.3) is 0 Å². The molecule has 0 bridgehead atoms. The number of benzene rings is 1. The third-order valence-corrected chi connectivity index (χ3v) is 4.05. The van der Waals surface area contributed by atoms with Crippen molar-refractivity contribution in [1.29, 1.82) is 0 Å². The summed E-state index contributed by atoms with van der Waals surface area (Å²) in [5.41, 5.74) is -0.0611. The molecule has 126 valence electrons. The monoisotopic (exact) mass is 321 g/mol. The molecule has 1 fully saturated rings. The number of hydrogen-bond donors (Lipinski definition) is 2. The number of ether oxygens (including phenoxy) is 2. The van der Waals surface area contributed by atoms with Crippen LogP contribution in [0.4, 0.5) is 0 Å². The van der Waals surface area contributed by atoms with Crippen LogP contribution < -0.4 is 10.1 Å². The van der Waals surface area contributed by atoms with Crippen LogP contribution in [0.1, 0.15) is 38.2 Å². The maximum absolute atomic E-state index is 12.0. The zero-order valence-corrected chi connectivity index (χ0v) is 13.5. The van der Waals surface area contributed by atoms with Gasteiger partial charge in [-0.15, -0.1) is 0 Å². The van der Waals surface area contributed by atoms with Crippen LogP contribution in [0, 0.1) is 0 Å². The first kappa shape index (κ1) is 17.3. The van der Waals surface area contributed by atoms with E-state index in [1.54, 1.807) is 0 Å². The van der Waals surface area contributed by atoms with Gasteiger partial charge in [-0.3, -0.25) is 4.79 Å². The second kappa shape index (κ2) is 7.46. The summed E-state index contributed by atoms with van der Waals surface area (Å²) in [5.74, 6) is -0.463. The molecule has 0 aromatic heterocycles. The zero-order chi connectivity index (χ0) is 16.9. The molecular weight excluding hydrogens is 298 g/mol. The van der Waals surface area contributed by atoms with E-state index < -0.39 is 17.4 Å². The minimum Gasteiger partial charge on any atom is -0.484 e. The normalized spacial score (nSPS) is 16.8. The Morgan fingerprint density at radius 2 is 1.87 bits per heavy atom. The number of hydrogen-bond acceptors (Lipinski definition) is 4. The van der Waals surface area contributed by atoms with Crippen LogP contribution in [0.5, 0.6) is 5.75 Å². The molecule has 0 spiro atoms. The van der Waals surface area contributed by atoms with Gasteiger partial charge in [-0.2, -0.15) is 0 Å². The number of amides is 1. The maximum Gasteiger partial charge on any atom is 0.329 e. The van der Waals surface area contributed by atoms with Gasteiger partial charge in [0.2, 0.25) is 0 Å². The molecule has 6 heteroatoms. The van der Waals surface area contributed by atoms with E-state index in [4.69, 9.17) is 9.47 Å². The van der Waals surface area contributed by atoms with E-state index in [-0.39, 0.29) is 19.4 Å². The van der Waals surface area contributed by atoms with Crippen molar-refractivity contribution in [2.45, 2.75) is 38.1 Å². The first-order valence-corrected chi connectivity index (χ1v) is 7.78. The Kier molecular flexibility index (Phi) is 5.60. The summed E-state index contributed by atoms with van der Waals surface area (Å²) in [6.45, 7) is 4.64. The number of carboxylic acid groups (broad SMARTS) is 1. The van der Waals surface area contributed by atoms with E-state index in [0.717, 1.165) is 0 Å². The molecule has 6 nitrogen and oxygen atoms in total. The van der Waals surface area contributed by atoms with Gasteiger partial charge in [0, 0.05) is 26.1 Å². The summed E-state index contributed by atoms with van der Waals surface area (Å²) in [6, 6.07) is 7.53. The maximum atomic E-state index is 12.0. The Hall–Kier alpha value is -2.08. The van der Waals surface area contributed by atoms with Crippen molar-refractivity contribution in [2.24, 2.45) is 0 Å². The average Bonchev–Trinajstić information content (AvgIpc) is 2.54. The molecule has 1 aromatic rings. The Bertz CT molecular complexity index is 547. The fourth-order valence-electron chi connectivity index (χ4n) is 2.51. The SMILES string of the molecule is CC(C)c1ccc(OCC(=O)NC2(C(=O)O)CCOCC2)cc1. The van der Waals surface area contributed by atoms with Crippen LogP contribution >= 0.6 is 0 Å². The van der Waals surface area contributed by atoms with Crippen molar-refractivity contribution in [3.05, 3.63) is 29.8 Å². The van der Waals surface area contributed by atoms with Gasteiger partial charge in [0.05, 0.1) is 0 Å². The summed E-state index contributed by atoms with van der Waals surface area (Å²) in [6.07, 6.45) is 0.522. The van der Waals surface area contributed by atoms with Gasteiger partial charge in [-0.05, 0) is 23.6 Å². The predicted molar refractivity (Wildman–Crippen MR) is 84.6 cm³/mol. The van der Waals surface area contributed by atoms with Crippen LogP contribution in [0.3, 0.4) is 0 Å². The summed E-state index contributed by atoms with van der Waals surface area (Å²) in [5, 5.41) is 12.0. The smallest absolute Gasteiger partial charge is 0.329 e. The molecule has 0 aliphatic carbocycles. The molecule has 2 N–H and O–H groups in total. The van der Waals surface area contributed by atoms with Crippen LogP contribution in [-0.4, -0.2) is 42.3 Å². The van der Waals surface area contributed by atoms with Gasteiger partial charge in [0.25, 0.3) is 5.91 Å². The molecule has 0 radical (unpaired) electrons. The molecule has 1 aromatic carbocycles. The molecule has 1 heterocycles. The number of rotatable bonds is 6. The second-order valence-electron chi connectivity index (χ2n) is 6.06. The Labute approximate surface area is 135 Å². The van der Waals surface area contributed by atoms with Gasteiger partial charge in [0.1, 0.15) is 11.3 Å². The molecule has 0 unspecified atom stereocenters. The van der Waals surface area contributed by atoms with E-state index in [0.29, 0.717) is 24.9 Å². The minimum atomic E-state index is -1.25. The molecule has 0 atom stereocenters. The fourth-order valence-corrected chi connectivity index (χ4v) is 2.51. The number of carbonyl (C=O) groups excluding carboxylic acids is 1. The lowest BCUT2D eigenvalue weighted by molar-refractivity contribution is -0.152. The lowest BCUT2D eigenvalue weighted by Gasteiger charge is -2.33. The zero-order valence-electron chi connectivity index (χ0n) is 13.5. The molecular formula is C17H23NO5. The highest BCUT2D eigenvalue weighted by molar-refractivity contribution is 5.87. The van der Waals surface area contributed by atoms with Crippen molar-refractivity contribution in [2.75, 3.05) is 19.8 Å². The molecule has 2 rings (SSSR count). The molecule has 1 aliphatic heterocycles. The predicted octanol–water partition coefficient (Wildman–Crippen LogP) is 1.94. The highest BCUT2D eigenvalue weighted by atomic mass is 16.5. The number of carbonyl (C=O) groups is 2. The van der Waals surface area contributed by atoms with Crippen LogP contribution in [0.15, 0.2) is 24.3 Å². The van der Waals surface area contributed by atoms with Crippen molar-refractivity contribution < 1.29 is 24.2 Å². The number of aliphatic carboxylic acids is 1. The Morgan fingerprint density at radius 3 is 2.39 bits per heavy atom. The summed E-state index contributed by atoms with van der Waals surface area (Å²) >= 11 is 0. The average molecular weight is 321 g/mol. The lowest BCUT2D eigenvalue weighted by atomic mass is 9.90. The van der Waals surface area contributed by atoms with Gasteiger partial charge < -0.3 is 19.9 Å². The number of nitrogens with one attached hydrogen (secondary N) is 1. The molecule has 1 amide bonds. The fraction of sp³-hybridized carbons (Fsp3) is 0.529. The highest BCUT2D eigenvalue weighted by Crippen LogP contribution is 2.21. The topological polar surface area (TPSA) is 84.9 Å². The second-order valence-corrected chi connectivity index (χ2v) is 6.06. The molecule has 23 heavy (non-hydrogen) atoms. The standard InChI is InChI=1S/C17H23NO5/c1-12(2)13-3-5-14(6-4-13)23-11-15(19)18-17(16(20)21)7-9-22-10-8-17/h3-6,12H,7-11H2,1-2H3,(H,18,19)(H,20,21). The van der Waals surface area contributed by atoms with Gasteiger partial charge in [-0.1, -0.05) is 26.0 Å². The largest absolute Gasteiger partial charge is 0.484 e. The van der Waals surface area contributed by atoms with E-state index in [1.165, 1.54) is 5.56 Å². The lowest BCUT2D eigenvalue weighted by Crippen LogP contribution is -2.58. The van der Waals surface area contributed by atoms with E-state index in [9.17, 15) is 14.7 Å². The third kappa shape index (κ3) is 4.45. The summed E-state index contributed by atoms with van der Waals surface area (Å²) in [7, 11) is 0. The third-order valence-electron chi connectivity index (χ3n) is 4.05. The summed E-state index contributed by atoms with van der Waals surface area (Å²) < 4.78 is 10.6. The van der Waals surface area contributed by atoms with Crippen molar-refractivity contribution >= 4 is 11.9 Å². The molecule has 1 aliphatic rings. The van der Waals surface area contributed by atoms with E-state index >= 15 is 0 Å². The molecule has 1 saturated heterocycles. The van der Waals surface area contributed by atoms with Gasteiger partial charge in [0.15, 0.2) is 6.61 Å². The molecule has 0 saturated carbocycles. The quantitative estimate of drug-likeness (QED) is 0.836.